The van der Waals surface area contributed by atoms with Crippen LogP contribution in [0.1, 0.15) is 50.5 Å². The Morgan fingerprint density at radius 3 is 2.40 bits per heavy atom. The maximum atomic E-state index is 14.1. The second-order valence-corrected chi connectivity index (χ2v) is 9.41. The van der Waals surface area contributed by atoms with Crippen molar-refractivity contribution in [1.82, 2.24) is 0 Å². The number of hydrogen-bond acceptors (Lipinski definition) is 5. The summed E-state index contributed by atoms with van der Waals surface area (Å²) in [4.78, 5) is 14.3. The van der Waals surface area contributed by atoms with Gasteiger partial charge in [-0.2, -0.15) is 13.2 Å². The maximum absolute atomic E-state index is 14.1. The highest BCUT2D eigenvalue weighted by Gasteiger charge is 2.41. The standard InChI is InChI=1S/C26H28F3NO5/c1-14(2)17-7-5-6-8-21(17)34-24-22(32)18-9-10-20(31)19(23(18)35-25(24)26(27,28)29)13-30-11-15(3)33-16(4)12-30/h5-10,14-16,31H,11-13H2,1-4H3/p+1/t15-,16-/m0/s1. The lowest BCUT2D eigenvalue weighted by Crippen LogP contribution is -3.14. The first kappa shape index (κ1) is 25.1. The van der Waals surface area contributed by atoms with Gasteiger partial charge in [-0.3, -0.25) is 4.79 Å². The summed E-state index contributed by atoms with van der Waals surface area (Å²) < 4.78 is 59.0. The number of morpholine rings is 1. The zero-order chi connectivity index (χ0) is 25.5. The van der Waals surface area contributed by atoms with E-state index in [0.29, 0.717) is 18.7 Å². The van der Waals surface area contributed by atoms with E-state index in [1.807, 2.05) is 27.7 Å². The van der Waals surface area contributed by atoms with Crippen molar-refractivity contribution in [3.05, 3.63) is 63.5 Å². The molecular formula is C26H29F3NO5+. The van der Waals surface area contributed by atoms with E-state index in [2.05, 4.69) is 0 Å². The molecule has 0 spiro atoms. The molecule has 188 valence electrons. The summed E-state index contributed by atoms with van der Waals surface area (Å²) in [5.74, 6) is -2.57. The first-order valence-electron chi connectivity index (χ1n) is 11.6. The van der Waals surface area contributed by atoms with Crippen LogP contribution in [0.5, 0.6) is 17.2 Å². The van der Waals surface area contributed by atoms with Gasteiger partial charge in [0.1, 0.15) is 43.3 Å². The predicted molar refractivity (Wildman–Crippen MR) is 124 cm³/mol. The third kappa shape index (κ3) is 5.16. The van der Waals surface area contributed by atoms with Crippen molar-refractivity contribution in [3.8, 4) is 17.2 Å². The fraction of sp³-hybridized carbons (Fsp3) is 0.423. The average molecular weight is 493 g/mol. The van der Waals surface area contributed by atoms with E-state index in [-0.39, 0.29) is 52.7 Å². The summed E-state index contributed by atoms with van der Waals surface area (Å²) in [6, 6.07) is 9.20. The van der Waals surface area contributed by atoms with E-state index in [4.69, 9.17) is 13.9 Å². The number of halogens is 3. The highest BCUT2D eigenvalue weighted by molar-refractivity contribution is 5.83. The van der Waals surface area contributed by atoms with Crippen molar-refractivity contribution in [2.24, 2.45) is 0 Å². The van der Waals surface area contributed by atoms with Crippen molar-refractivity contribution in [2.45, 2.75) is 58.5 Å². The van der Waals surface area contributed by atoms with Gasteiger partial charge in [-0.1, -0.05) is 32.0 Å². The third-order valence-electron chi connectivity index (χ3n) is 6.15. The summed E-state index contributed by atoms with van der Waals surface area (Å²) in [6.07, 6.45) is -5.10. The Kier molecular flexibility index (Phi) is 6.83. The van der Waals surface area contributed by atoms with Crippen molar-refractivity contribution < 1.29 is 37.1 Å². The molecule has 1 aliphatic heterocycles. The van der Waals surface area contributed by atoms with Crippen LogP contribution in [-0.2, 0) is 17.5 Å². The molecule has 2 heterocycles. The Labute approximate surface area is 200 Å². The first-order chi connectivity index (χ1) is 16.5. The molecule has 35 heavy (non-hydrogen) atoms. The van der Waals surface area contributed by atoms with Crippen LogP contribution in [0, 0.1) is 0 Å². The lowest BCUT2D eigenvalue weighted by molar-refractivity contribution is -0.928. The van der Waals surface area contributed by atoms with Crippen LogP contribution in [0.15, 0.2) is 45.6 Å². The predicted octanol–water partition coefficient (Wildman–Crippen LogP) is 4.63. The molecule has 1 aromatic heterocycles. The topological polar surface area (TPSA) is 73.3 Å². The van der Waals surface area contributed by atoms with Crippen LogP contribution < -0.4 is 15.1 Å². The fourth-order valence-electron chi connectivity index (χ4n) is 4.68. The summed E-state index contributed by atoms with van der Waals surface area (Å²) in [7, 11) is 0. The number of rotatable bonds is 5. The number of quaternary nitrogens is 1. The van der Waals surface area contributed by atoms with Crippen LogP contribution in [0.4, 0.5) is 13.2 Å². The van der Waals surface area contributed by atoms with Gasteiger partial charge in [-0.15, -0.1) is 0 Å². The molecule has 1 saturated heterocycles. The van der Waals surface area contributed by atoms with E-state index >= 15 is 0 Å². The van der Waals surface area contributed by atoms with Gasteiger partial charge in [0.2, 0.25) is 11.2 Å². The van der Waals surface area contributed by atoms with Crippen molar-refractivity contribution in [3.63, 3.8) is 0 Å². The van der Waals surface area contributed by atoms with Gasteiger partial charge >= 0.3 is 6.18 Å². The summed E-state index contributed by atoms with van der Waals surface area (Å²) in [5, 5.41) is 10.5. The van der Waals surface area contributed by atoms with Gasteiger partial charge in [-0.25, -0.2) is 0 Å². The van der Waals surface area contributed by atoms with E-state index in [1.165, 1.54) is 18.2 Å². The highest BCUT2D eigenvalue weighted by Crippen LogP contribution is 2.40. The second kappa shape index (κ2) is 9.54. The number of nitrogens with one attached hydrogen (secondary N) is 1. The molecule has 9 heteroatoms. The highest BCUT2D eigenvalue weighted by atomic mass is 19.4. The quantitative estimate of drug-likeness (QED) is 0.544. The Hall–Kier alpha value is -3.04. The van der Waals surface area contributed by atoms with Gasteiger partial charge in [0.05, 0.1) is 10.9 Å². The maximum Gasteiger partial charge on any atom is 0.453 e. The van der Waals surface area contributed by atoms with Gasteiger partial charge < -0.3 is 23.9 Å². The molecular weight excluding hydrogens is 463 g/mol. The number of alkyl halides is 3. The number of para-hydroxylation sites is 1. The smallest absolute Gasteiger partial charge is 0.453 e. The Morgan fingerprint density at radius 1 is 1.11 bits per heavy atom. The Morgan fingerprint density at radius 2 is 1.77 bits per heavy atom. The molecule has 0 radical (unpaired) electrons. The molecule has 6 nitrogen and oxygen atoms in total. The van der Waals surface area contributed by atoms with Crippen LogP contribution in [-0.4, -0.2) is 30.4 Å². The van der Waals surface area contributed by atoms with E-state index in [0.717, 1.165) is 4.90 Å². The van der Waals surface area contributed by atoms with Crippen LogP contribution in [0.25, 0.3) is 11.0 Å². The molecule has 0 amide bonds. The molecule has 0 saturated carbocycles. The molecule has 4 rings (SSSR count). The lowest BCUT2D eigenvalue weighted by Gasteiger charge is -2.32. The number of benzene rings is 2. The Balaban J connectivity index is 1.87. The molecule has 3 aromatic rings. The fourth-order valence-corrected chi connectivity index (χ4v) is 4.68. The third-order valence-corrected chi connectivity index (χ3v) is 6.15. The van der Waals surface area contributed by atoms with E-state index in [9.17, 15) is 23.1 Å². The minimum absolute atomic E-state index is 0.0436. The summed E-state index contributed by atoms with van der Waals surface area (Å²) in [5.41, 5.74) is -0.426. The Bertz CT molecular complexity index is 1270. The number of phenols is 1. The van der Waals surface area contributed by atoms with E-state index < -0.39 is 23.1 Å². The van der Waals surface area contributed by atoms with Crippen LogP contribution in [0.2, 0.25) is 0 Å². The van der Waals surface area contributed by atoms with Gasteiger partial charge in [0.15, 0.2) is 5.58 Å². The van der Waals surface area contributed by atoms with Crippen LogP contribution >= 0.6 is 0 Å². The molecule has 0 unspecified atom stereocenters. The first-order valence-corrected chi connectivity index (χ1v) is 11.6. The van der Waals surface area contributed by atoms with Crippen LogP contribution in [0.3, 0.4) is 0 Å². The van der Waals surface area contributed by atoms with Gasteiger partial charge in [0.25, 0.3) is 5.76 Å². The molecule has 1 fully saturated rings. The monoisotopic (exact) mass is 492 g/mol. The SMILES string of the molecule is CC(C)c1ccccc1Oc1c(C(F)(F)F)oc2c(C[NH+]3C[C@H](C)O[C@@H](C)C3)c(O)ccc2c1=O. The largest absolute Gasteiger partial charge is 0.507 e. The molecule has 2 N–H and O–H groups in total. The number of aromatic hydroxyl groups is 1. The number of ether oxygens (including phenoxy) is 2. The van der Waals surface area contributed by atoms with Crippen molar-refractivity contribution in [2.75, 3.05) is 13.1 Å². The molecule has 1 aliphatic rings. The molecule has 2 aromatic carbocycles. The normalized spacial score (nSPS) is 21.0. The van der Waals surface area contributed by atoms with Crippen molar-refractivity contribution in [1.29, 1.82) is 0 Å². The minimum Gasteiger partial charge on any atom is -0.507 e. The van der Waals surface area contributed by atoms with Gasteiger partial charge in [0, 0.05) is 0 Å². The molecule has 0 bridgehead atoms. The summed E-state index contributed by atoms with van der Waals surface area (Å²) >= 11 is 0. The second-order valence-electron chi connectivity index (χ2n) is 9.41. The number of hydrogen-bond donors (Lipinski definition) is 2. The minimum atomic E-state index is -4.99. The van der Waals surface area contributed by atoms with Crippen molar-refractivity contribution >= 4 is 11.0 Å². The zero-order valence-corrected chi connectivity index (χ0v) is 20.0. The zero-order valence-electron chi connectivity index (χ0n) is 20.0. The molecule has 2 atom stereocenters. The molecule has 0 aliphatic carbocycles. The number of phenolic OH excluding ortho intramolecular Hbond substituents is 1. The average Bonchev–Trinajstić information content (AvgIpc) is 2.76. The number of fused-ring (bicyclic) bond motifs is 1. The lowest BCUT2D eigenvalue weighted by atomic mass is 10.0. The van der Waals surface area contributed by atoms with E-state index in [1.54, 1.807) is 18.2 Å². The van der Waals surface area contributed by atoms with Gasteiger partial charge in [-0.05, 0) is 43.5 Å². The summed E-state index contributed by atoms with van der Waals surface area (Å²) in [6.45, 7) is 8.96.